The van der Waals surface area contributed by atoms with Crippen molar-refractivity contribution in [2.24, 2.45) is 5.73 Å². The third-order valence-electron chi connectivity index (χ3n) is 4.57. The van der Waals surface area contributed by atoms with Gasteiger partial charge in [0, 0.05) is 5.56 Å². The number of nitrogens with one attached hydrogen (secondary N) is 1. The van der Waals surface area contributed by atoms with Gasteiger partial charge in [0.2, 0.25) is 11.8 Å². The zero-order valence-corrected chi connectivity index (χ0v) is 15.8. The van der Waals surface area contributed by atoms with Crippen LogP contribution in [0.25, 0.3) is 11.3 Å². The normalized spacial score (nSPS) is 15.9. The second-order valence-electron chi connectivity index (χ2n) is 6.25. The molecule has 0 amide bonds. The number of H-pyrrole nitrogens is 1. The lowest BCUT2D eigenvalue weighted by molar-refractivity contribution is 0.379. The smallest absolute Gasteiger partial charge is 0.244 e. The number of aryl methyl sites for hydroxylation is 1. The van der Waals surface area contributed by atoms with Crippen LogP contribution in [0.15, 0.2) is 53.9 Å². The Morgan fingerprint density at radius 3 is 2.63 bits per heavy atom. The van der Waals surface area contributed by atoms with E-state index in [1.54, 1.807) is 12.1 Å². The zero-order chi connectivity index (χ0) is 19.1. The van der Waals surface area contributed by atoms with Crippen LogP contribution in [-0.4, -0.2) is 10.2 Å². The van der Waals surface area contributed by atoms with Crippen LogP contribution in [-0.2, 0) is 0 Å². The highest BCUT2D eigenvalue weighted by Crippen LogP contribution is 2.48. The zero-order valence-electron chi connectivity index (χ0n) is 14.3. The van der Waals surface area contributed by atoms with Gasteiger partial charge in [-0.05, 0) is 18.6 Å². The third-order valence-corrected chi connectivity index (χ3v) is 5.41. The minimum atomic E-state index is -0.542. The Morgan fingerprint density at radius 1 is 1.19 bits per heavy atom. The van der Waals surface area contributed by atoms with E-state index >= 15 is 0 Å². The Hall–Kier alpha value is -2.94. The molecule has 0 fully saturated rings. The summed E-state index contributed by atoms with van der Waals surface area (Å²) in [6.07, 6.45) is 0. The van der Waals surface area contributed by atoms with Gasteiger partial charge in [-0.25, -0.2) is 0 Å². The predicted molar refractivity (Wildman–Crippen MR) is 105 cm³/mol. The van der Waals surface area contributed by atoms with E-state index in [0.717, 1.165) is 16.8 Å². The molecule has 134 valence electrons. The molecule has 2 heterocycles. The van der Waals surface area contributed by atoms with E-state index in [1.807, 2.05) is 37.3 Å². The molecule has 27 heavy (non-hydrogen) atoms. The van der Waals surface area contributed by atoms with Crippen molar-refractivity contribution in [3.63, 3.8) is 0 Å². The molecule has 1 aliphatic rings. The summed E-state index contributed by atoms with van der Waals surface area (Å²) in [5, 5.41) is 17.8. The number of nitrogens with zero attached hydrogens (tertiary/aromatic N) is 2. The van der Waals surface area contributed by atoms with E-state index < -0.39 is 5.92 Å². The molecule has 0 radical (unpaired) electrons. The highest BCUT2D eigenvalue weighted by molar-refractivity contribution is 6.42. The minimum absolute atomic E-state index is 0.00741. The van der Waals surface area contributed by atoms with Crippen LogP contribution in [0.2, 0.25) is 10.0 Å². The lowest BCUT2D eigenvalue weighted by Gasteiger charge is -2.25. The van der Waals surface area contributed by atoms with Crippen LogP contribution in [0.3, 0.4) is 0 Å². The van der Waals surface area contributed by atoms with Crippen LogP contribution >= 0.6 is 23.2 Å². The first-order valence-electron chi connectivity index (χ1n) is 8.18. The van der Waals surface area contributed by atoms with Crippen molar-refractivity contribution >= 4 is 23.2 Å². The van der Waals surface area contributed by atoms with E-state index in [9.17, 15) is 5.26 Å². The fourth-order valence-electron chi connectivity index (χ4n) is 3.24. The molecule has 4 rings (SSSR count). The first-order valence-corrected chi connectivity index (χ1v) is 8.93. The number of hydrogen-bond donors (Lipinski definition) is 2. The maximum Gasteiger partial charge on any atom is 0.244 e. The Labute approximate surface area is 166 Å². The van der Waals surface area contributed by atoms with Crippen LogP contribution in [0, 0.1) is 18.3 Å². The number of benzene rings is 2. The first-order chi connectivity index (χ1) is 13.0. The van der Waals surface area contributed by atoms with Gasteiger partial charge in [0.1, 0.15) is 11.6 Å². The quantitative estimate of drug-likeness (QED) is 0.643. The third kappa shape index (κ3) is 2.84. The molecule has 7 heteroatoms. The summed E-state index contributed by atoms with van der Waals surface area (Å²) >= 11 is 12.7. The molecule has 3 N–H and O–H groups in total. The van der Waals surface area contributed by atoms with Gasteiger partial charge in [0.05, 0.1) is 27.2 Å². The monoisotopic (exact) mass is 396 g/mol. The van der Waals surface area contributed by atoms with Crippen LogP contribution < -0.4 is 10.5 Å². The van der Waals surface area contributed by atoms with Crippen molar-refractivity contribution in [2.45, 2.75) is 12.8 Å². The molecule has 3 aromatic rings. The maximum absolute atomic E-state index is 9.74. The first kappa shape index (κ1) is 17.5. The van der Waals surface area contributed by atoms with E-state index in [1.165, 1.54) is 0 Å². The molecule has 2 aromatic carbocycles. The molecule has 1 atom stereocenters. The number of aromatic nitrogens is 2. The molecule has 0 spiro atoms. The summed E-state index contributed by atoms with van der Waals surface area (Å²) in [7, 11) is 0. The number of rotatable bonds is 2. The summed E-state index contributed by atoms with van der Waals surface area (Å²) in [5.74, 6) is -0.212. The second kappa shape index (κ2) is 6.66. The van der Waals surface area contributed by atoms with E-state index in [0.29, 0.717) is 27.1 Å². The molecule has 0 saturated heterocycles. The van der Waals surface area contributed by atoms with Crippen molar-refractivity contribution < 1.29 is 4.74 Å². The van der Waals surface area contributed by atoms with Gasteiger partial charge in [-0.2, -0.15) is 5.26 Å². The van der Waals surface area contributed by atoms with Crippen molar-refractivity contribution in [3.8, 4) is 23.2 Å². The fraction of sp³-hybridized carbons (Fsp3) is 0.100. The second-order valence-corrected chi connectivity index (χ2v) is 7.04. The predicted octanol–water partition coefficient (Wildman–Crippen LogP) is 4.91. The molecule has 0 aliphatic carbocycles. The minimum Gasteiger partial charge on any atom is -0.420 e. The number of nitriles is 1. The Morgan fingerprint density at radius 2 is 1.93 bits per heavy atom. The Bertz CT molecular complexity index is 1110. The van der Waals surface area contributed by atoms with E-state index in [4.69, 9.17) is 33.7 Å². The highest BCUT2D eigenvalue weighted by Gasteiger charge is 2.36. The van der Waals surface area contributed by atoms with Gasteiger partial charge in [-0.1, -0.05) is 65.2 Å². The molecule has 1 aliphatic heterocycles. The average molecular weight is 397 g/mol. The van der Waals surface area contributed by atoms with Gasteiger partial charge in [-0.3, -0.25) is 5.10 Å². The molecule has 0 unspecified atom stereocenters. The van der Waals surface area contributed by atoms with Crippen LogP contribution in [0.1, 0.15) is 22.6 Å². The standard InChI is InChI=1S/C20H14Cl2N4O/c1-10-5-7-11(8-6-10)18-16-15(12-3-2-4-14(21)17(12)22)13(9-23)19(24)27-20(16)26-25-18/h2-8,15H,24H2,1H3,(H,25,26)/t15-/m0/s1. The summed E-state index contributed by atoms with van der Waals surface area (Å²) in [4.78, 5) is 0. The van der Waals surface area contributed by atoms with Gasteiger partial charge in [-0.15, -0.1) is 5.10 Å². The maximum atomic E-state index is 9.74. The summed E-state index contributed by atoms with van der Waals surface area (Å²) in [6.45, 7) is 2.01. The summed E-state index contributed by atoms with van der Waals surface area (Å²) in [6, 6.07) is 15.4. The molecule has 0 bridgehead atoms. The SMILES string of the molecule is Cc1ccc(-c2[nH]nc3c2[C@@H](c2cccc(Cl)c2Cl)C(C#N)=C(N)O3)cc1. The highest BCUT2D eigenvalue weighted by atomic mass is 35.5. The van der Waals surface area contributed by atoms with Gasteiger partial charge in [0.15, 0.2) is 0 Å². The van der Waals surface area contributed by atoms with Gasteiger partial charge < -0.3 is 10.5 Å². The van der Waals surface area contributed by atoms with Crippen molar-refractivity contribution in [1.29, 1.82) is 5.26 Å². The molecular weight excluding hydrogens is 383 g/mol. The van der Waals surface area contributed by atoms with E-state index in [2.05, 4.69) is 16.3 Å². The number of halogens is 2. The van der Waals surface area contributed by atoms with E-state index in [-0.39, 0.29) is 11.5 Å². The van der Waals surface area contributed by atoms with Gasteiger partial charge in [0.25, 0.3) is 0 Å². The number of hydrogen-bond acceptors (Lipinski definition) is 4. The lowest BCUT2D eigenvalue weighted by Crippen LogP contribution is -2.21. The number of allylic oxidation sites excluding steroid dienone is 1. The number of aromatic amines is 1. The van der Waals surface area contributed by atoms with Gasteiger partial charge >= 0.3 is 0 Å². The molecular formula is C20H14Cl2N4O. The summed E-state index contributed by atoms with van der Waals surface area (Å²) < 4.78 is 5.60. The van der Waals surface area contributed by atoms with Crippen molar-refractivity contribution in [1.82, 2.24) is 10.2 Å². The average Bonchev–Trinajstić information content (AvgIpc) is 3.07. The number of nitrogens with two attached hydrogens (primary N) is 1. The lowest BCUT2D eigenvalue weighted by atomic mass is 9.83. The Kier molecular flexibility index (Phi) is 4.31. The van der Waals surface area contributed by atoms with Crippen molar-refractivity contribution in [3.05, 3.63) is 80.7 Å². The molecule has 5 nitrogen and oxygen atoms in total. The molecule has 0 saturated carbocycles. The Balaban J connectivity index is 1.99. The topological polar surface area (TPSA) is 87.7 Å². The summed E-state index contributed by atoms with van der Waals surface area (Å²) in [5.41, 5.74) is 10.4. The van der Waals surface area contributed by atoms with Crippen molar-refractivity contribution in [2.75, 3.05) is 0 Å². The van der Waals surface area contributed by atoms with Crippen LogP contribution in [0.5, 0.6) is 5.88 Å². The molecule has 1 aromatic heterocycles. The fourth-order valence-corrected chi connectivity index (χ4v) is 3.66. The largest absolute Gasteiger partial charge is 0.420 e. The van der Waals surface area contributed by atoms with Crippen LogP contribution in [0.4, 0.5) is 0 Å². The number of ether oxygens (including phenoxy) is 1. The number of fused-ring (bicyclic) bond motifs is 1.